The molecule has 25 heavy (non-hydrogen) atoms. The van der Waals surface area contributed by atoms with E-state index < -0.39 is 0 Å². The number of H-pyrrole nitrogens is 1. The molecule has 1 saturated carbocycles. The summed E-state index contributed by atoms with van der Waals surface area (Å²) >= 11 is 0. The highest BCUT2D eigenvalue weighted by molar-refractivity contribution is 5.74. The zero-order chi connectivity index (χ0) is 17.2. The number of rotatable bonds is 5. The van der Waals surface area contributed by atoms with Crippen molar-refractivity contribution in [3.63, 3.8) is 0 Å². The average molecular weight is 342 g/mol. The van der Waals surface area contributed by atoms with E-state index in [9.17, 15) is 9.18 Å². The fourth-order valence-electron chi connectivity index (χ4n) is 3.45. The van der Waals surface area contributed by atoms with Crippen LogP contribution in [-0.4, -0.2) is 33.7 Å². The third-order valence-corrected chi connectivity index (χ3v) is 5.09. The van der Waals surface area contributed by atoms with Gasteiger partial charge >= 0.3 is 6.03 Å². The molecule has 132 valence electrons. The maximum atomic E-state index is 13.1. The Kier molecular flexibility index (Phi) is 4.42. The zero-order valence-corrected chi connectivity index (χ0v) is 14.2. The summed E-state index contributed by atoms with van der Waals surface area (Å²) < 4.78 is 13.1. The lowest BCUT2D eigenvalue weighted by atomic mass is 9.94. The molecule has 0 saturated heterocycles. The number of aromatic amines is 1. The molecule has 0 radical (unpaired) electrons. The number of nitrogens with one attached hydrogen (secondary N) is 2. The van der Waals surface area contributed by atoms with Crippen molar-refractivity contribution < 1.29 is 9.18 Å². The van der Waals surface area contributed by atoms with E-state index in [4.69, 9.17) is 0 Å². The maximum Gasteiger partial charge on any atom is 0.317 e. The number of aromatic nitrogens is 2. The number of carbonyl (C=O) groups is 1. The van der Waals surface area contributed by atoms with Crippen LogP contribution in [0.4, 0.5) is 9.18 Å². The Hall–Kier alpha value is -2.37. The average Bonchev–Trinajstić information content (AvgIpc) is 3.30. The van der Waals surface area contributed by atoms with Crippen molar-refractivity contribution in [2.45, 2.75) is 44.7 Å². The third kappa shape index (κ3) is 4.00. The number of benzene rings is 1. The molecule has 5 nitrogen and oxygen atoms in total. The minimum absolute atomic E-state index is 0.0202. The summed E-state index contributed by atoms with van der Waals surface area (Å²) in [6.07, 6.45) is 6.90. The number of hydrogen-bond donors (Lipinski definition) is 2. The predicted octanol–water partition coefficient (Wildman–Crippen LogP) is 3.03. The van der Waals surface area contributed by atoms with Crippen molar-refractivity contribution in [1.29, 1.82) is 0 Å². The summed E-state index contributed by atoms with van der Waals surface area (Å²) in [6.45, 7) is 1.29. The Labute approximate surface area is 146 Å². The van der Waals surface area contributed by atoms with Crippen LogP contribution in [-0.2, 0) is 19.4 Å². The summed E-state index contributed by atoms with van der Waals surface area (Å²) in [5.41, 5.74) is 3.34. The van der Waals surface area contributed by atoms with Crippen LogP contribution in [0, 0.1) is 11.7 Å². The molecule has 0 spiro atoms. The first kappa shape index (κ1) is 16.1. The summed E-state index contributed by atoms with van der Waals surface area (Å²) in [5.74, 6) is 0.359. The van der Waals surface area contributed by atoms with Gasteiger partial charge in [-0.05, 0) is 61.3 Å². The van der Waals surface area contributed by atoms with Crippen molar-refractivity contribution in [1.82, 2.24) is 20.4 Å². The van der Waals surface area contributed by atoms with E-state index in [1.165, 1.54) is 36.2 Å². The highest BCUT2D eigenvalue weighted by Gasteiger charge is 2.29. The van der Waals surface area contributed by atoms with E-state index in [0.717, 1.165) is 31.4 Å². The quantitative estimate of drug-likeness (QED) is 0.877. The normalized spacial score (nSPS) is 19.3. The molecule has 0 aliphatic heterocycles. The molecule has 2 N–H and O–H groups in total. The Morgan fingerprint density at radius 2 is 2.08 bits per heavy atom. The number of fused-ring (bicyclic) bond motifs is 1. The maximum absolute atomic E-state index is 13.1. The van der Waals surface area contributed by atoms with Gasteiger partial charge in [-0.2, -0.15) is 5.10 Å². The van der Waals surface area contributed by atoms with Gasteiger partial charge in [-0.25, -0.2) is 9.18 Å². The van der Waals surface area contributed by atoms with Crippen molar-refractivity contribution in [2.75, 3.05) is 6.54 Å². The number of urea groups is 1. The topological polar surface area (TPSA) is 61.0 Å². The van der Waals surface area contributed by atoms with Gasteiger partial charge in [0.15, 0.2) is 0 Å². The smallest absolute Gasteiger partial charge is 0.317 e. The number of halogens is 1. The SMILES string of the molecule is O=C(N[C@@H]1CCc2[nH]ncc2C1)N(Cc1ccc(F)cc1)CC1CC1. The number of hydrogen-bond acceptors (Lipinski definition) is 2. The van der Waals surface area contributed by atoms with Gasteiger partial charge < -0.3 is 10.2 Å². The number of carbonyl (C=O) groups excluding carboxylic acids is 1. The molecule has 1 aromatic heterocycles. The fourth-order valence-corrected chi connectivity index (χ4v) is 3.45. The first-order valence-electron chi connectivity index (χ1n) is 8.98. The lowest BCUT2D eigenvalue weighted by molar-refractivity contribution is 0.187. The van der Waals surface area contributed by atoms with E-state index in [0.29, 0.717) is 12.5 Å². The molecule has 2 aromatic rings. The molecule has 4 rings (SSSR count). The molecule has 1 heterocycles. The van der Waals surface area contributed by atoms with Gasteiger partial charge in [0, 0.05) is 24.8 Å². The minimum Gasteiger partial charge on any atom is -0.335 e. The number of nitrogens with zero attached hydrogens (tertiary/aromatic N) is 2. The molecule has 0 bridgehead atoms. The van der Waals surface area contributed by atoms with Crippen LogP contribution in [0.15, 0.2) is 30.5 Å². The van der Waals surface area contributed by atoms with Crippen LogP contribution >= 0.6 is 0 Å². The van der Waals surface area contributed by atoms with E-state index in [2.05, 4.69) is 15.5 Å². The monoisotopic (exact) mass is 342 g/mol. The van der Waals surface area contributed by atoms with Crippen LogP contribution in [0.25, 0.3) is 0 Å². The van der Waals surface area contributed by atoms with Gasteiger partial charge in [-0.1, -0.05) is 12.1 Å². The molecule has 6 heteroatoms. The lowest BCUT2D eigenvalue weighted by Gasteiger charge is -2.28. The van der Waals surface area contributed by atoms with Crippen molar-refractivity contribution in [3.8, 4) is 0 Å². The molecule has 2 aliphatic rings. The van der Waals surface area contributed by atoms with E-state index in [-0.39, 0.29) is 17.9 Å². The highest BCUT2D eigenvalue weighted by Crippen LogP contribution is 2.30. The third-order valence-electron chi connectivity index (χ3n) is 5.09. The van der Waals surface area contributed by atoms with Crippen molar-refractivity contribution in [3.05, 3.63) is 53.1 Å². The molecular formula is C19H23FN4O. The Morgan fingerprint density at radius 3 is 2.84 bits per heavy atom. The van der Waals surface area contributed by atoms with Gasteiger partial charge in [-0.3, -0.25) is 5.10 Å². The number of amides is 2. The second-order valence-electron chi connectivity index (χ2n) is 7.21. The number of aryl methyl sites for hydroxylation is 1. The molecule has 2 aliphatic carbocycles. The first-order chi connectivity index (χ1) is 12.2. The Balaban J connectivity index is 1.40. The first-order valence-corrected chi connectivity index (χ1v) is 8.98. The van der Waals surface area contributed by atoms with Gasteiger partial charge in [0.2, 0.25) is 0 Å². The van der Waals surface area contributed by atoms with Crippen molar-refractivity contribution >= 4 is 6.03 Å². The van der Waals surface area contributed by atoms with Crippen molar-refractivity contribution in [2.24, 2.45) is 5.92 Å². The Morgan fingerprint density at radius 1 is 1.28 bits per heavy atom. The van der Waals surface area contributed by atoms with Gasteiger partial charge in [0.05, 0.1) is 6.20 Å². The van der Waals surface area contributed by atoms with Crippen LogP contribution in [0.2, 0.25) is 0 Å². The van der Waals surface area contributed by atoms with Crippen LogP contribution in [0.5, 0.6) is 0 Å². The molecular weight excluding hydrogens is 319 g/mol. The molecule has 1 atom stereocenters. The standard InChI is InChI=1S/C19H23FN4O/c20-16-5-3-14(4-6-16)12-24(11-13-1-2-13)19(25)22-17-7-8-18-15(9-17)10-21-23-18/h3-6,10,13,17H,1-2,7-9,11-12H2,(H,21,23)(H,22,25)/t17-/m1/s1. The second kappa shape index (κ2) is 6.86. The van der Waals surface area contributed by atoms with E-state index in [1.807, 2.05) is 11.1 Å². The second-order valence-corrected chi connectivity index (χ2v) is 7.21. The largest absolute Gasteiger partial charge is 0.335 e. The fraction of sp³-hybridized carbons (Fsp3) is 0.474. The summed E-state index contributed by atoms with van der Waals surface area (Å²) in [4.78, 5) is 14.7. The van der Waals surface area contributed by atoms with Crippen LogP contribution in [0.3, 0.4) is 0 Å². The van der Waals surface area contributed by atoms with Crippen LogP contribution in [0.1, 0.15) is 36.1 Å². The van der Waals surface area contributed by atoms with E-state index in [1.54, 1.807) is 12.1 Å². The molecule has 0 unspecified atom stereocenters. The summed E-state index contributed by atoms with van der Waals surface area (Å²) in [5, 5.41) is 10.3. The van der Waals surface area contributed by atoms with E-state index >= 15 is 0 Å². The summed E-state index contributed by atoms with van der Waals surface area (Å²) in [6, 6.07) is 6.52. The van der Waals surface area contributed by atoms with Gasteiger partial charge in [-0.15, -0.1) is 0 Å². The molecule has 1 aromatic carbocycles. The highest BCUT2D eigenvalue weighted by atomic mass is 19.1. The minimum atomic E-state index is -0.250. The van der Waals surface area contributed by atoms with Gasteiger partial charge in [0.1, 0.15) is 5.82 Å². The Bertz CT molecular complexity index is 738. The lowest BCUT2D eigenvalue weighted by Crippen LogP contribution is -2.47. The van der Waals surface area contributed by atoms with Crippen LogP contribution < -0.4 is 5.32 Å². The summed E-state index contributed by atoms with van der Waals surface area (Å²) in [7, 11) is 0. The zero-order valence-electron chi connectivity index (χ0n) is 14.2. The van der Waals surface area contributed by atoms with Gasteiger partial charge in [0.25, 0.3) is 0 Å². The molecule has 1 fully saturated rings. The predicted molar refractivity (Wildman–Crippen MR) is 92.5 cm³/mol. The molecule has 2 amide bonds.